The fraction of sp³-hybridized carbons (Fsp3) is 0.455. The van der Waals surface area contributed by atoms with Gasteiger partial charge in [0.25, 0.3) is 11.8 Å². The minimum atomic E-state index is -0.404. The third kappa shape index (κ3) is 4.00. The third-order valence-corrected chi connectivity index (χ3v) is 5.71. The van der Waals surface area contributed by atoms with Gasteiger partial charge in [-0.15, -0.1) is 0 Å². The zero-order valence-corrected chi connectivity index (χ0v) is 16.9. The van der Waals surface area contributed by atoms with E-state index in [-0.39, 0.29) is 24.3 Å². The topological polar surface area (TPSA) is 75.6 Å². The van der Waals surface area contributed by atoms with Crippen LogP contribution in [-0.2, 0) is 9.53 Å². The number of amides is 2. The molecule has 0 N–H and O–H groups in total. The monoisotopic (exact) mass is 394 g/mol. The average molecular weight is 394 g/mol. The Morgan fingerprint density at radius 2 is 1.76 bits per heavy atom. The van der Waals surface area contributed by atoms with Crippen molar-refractivity contribution in [2.45, 2.75) is 38.2 Å². The molecule has 0 atom stereocenters. The fourth-order valence-corrected chi connectivity index (χ4v) is 3.91. The number of carbonyl (C=O) groups excluding carboxylic acids is 2. The number of anilines is 1. The molecular weight excluding hydrogens is 368 g/mol. The van der Waals surface area contributed by atoms with Gasteiger partial charge in [0.1, 0.15) is 12.4 Å². The van der Waals surface area contributed by atoms with Crippen molar-refractivity contribution in [3.8, 4) is 0 Å². The zero-order chi connectivity index (χ0) is 20.4. The van der Waals surface area contributed by atoms with Crippen LogP contribution in [0.2, 0.25) is 0 Å². The molecule has 2 saturated heterocycles. The standard InChI is InChI=1S/C22H26N4O3/c1-16(2)20-23-12-17(13-24-20)21(28)25-10-8-22(9-11-25)15-26(19(27)14-29-22)18-6-4-3-5-7-18/h3-7,12-13,16H,8-11,14-15H2,1-2H3. The lowest BCUT2D eigenvalue weighted by Crippen LogP contribution is -2.59. The molecule has 7 heteroatoms. The summed E-state index contributed by atoms with van der Waals surface area (Å²) in [5.41, 5.74) is 0.996. The maximum absolute atomic E-state index is 12.8. The van der Waals surface area contributed by atoms with Crippen molar-refractivity contribution in [1.29, 1.82) is 0 Å². The molecule has 3 heterocycles. The van der Waals surface area contributed by atoms with Crippen LogP contribution < -0.4 is 4.90 Å². The van der Waals surface area contributed by atoms with Crippen LogP contribution in [0.3, 0.4) is 0 Å². The molecule has 7 nitrogen and oxygen atoms in total. The molecule has 0 aliphatic carbocycles. The van der Waals surface area contributed by atoms with Crippen molar-refractivity contribution < 1.29 is 14.3 Å². The quantitative estimate of drug-likeness (QED) is 0.800. The van der Waals surface area contributed by atoms with Crippen molar-refractivity contribution in [3.63, 3.8) is 0 Å². The summed E-state index contributed by atoms with van der Waals surface area (Å²) in [6.45, 7) is 5.81. The molecule has 0 saturated carbocycles. The minimum Gasteiger partial charge on any atom is -0.363 e. The number of hydrogen-bond donors (Lipinski definition) is 0. The maximum atomic E-state index is 12.8. The van der Waals surface area contributed by atoms with Crippen LogP contribution in [0.5, 0.6) is 0 Å². The van der Waals surface area contributed by atoms with Crippen molar-refractivity contribution in [3.05, 3.63) is 54.1 Å². The van der Waals surface area contributed by atoms with E-state index < -0.39 is 5.60 Å². The largest absolute Gasteiger partial charge is 0.363 e. The smallest absolute Gasteiger partial charge is 0.256 e. The number of rotatable bonds is 3. The van der Waals surface area contributed by atoms with Crippen molar-refractivity contribution >= 4 is 17.5 Å². The van der Waals surface area contributed by atoms with Crippen LogP contribution in [-0.4, -0.2) is 58.5 Å². The molecule has 0 radical (unpaired) electrons. The molecule has 29 heavy (non-hydrogen) atoms. The fourth-order valence-electron chi connectivity index (χ4n) is 3.91. The van der Waals surface area contributed by atoms with Gasteiger partial charge >= 0.3 is 0 Å². The average Bonchev–Trinajstić information content (AvgIpc) is 2.76. The van der Waals surface area contributed by atoms with Crippen molar-refractivity contribution in [2.75, 3.05) is 31.1 Å². The molecule has 152 valence electrons. The van der Waals surface area contributed by atoms with Gasteiger partial charge in [-0.2, -0.15) is 0 Å². The van der Waals surface area contributed by atoms with Crippen LogP contribution in [0.25, 0.3) is 0 Å². The zero-order valence-electron chi connectivity index (χ0n) is 16.9. The van der Waals surface area contributed by atoms with E-state index in [0.717, 1.165) is 11.5 Å². The Labute approximate surface area is 170 Å². The summed E-state index contributed by atoms with van der Waals surface area (Å²) in [5.74, 6) is 0.887. The number of ether oxygens (including phenoxy) is 1. The highest BCUT2D eigenvalue weighted by atomic mass is 16.5. The van der Waals surface area contributed by atoms with Crippen molar-refractivity contribution in [1.82, 2.24) is 14.9 Å². The second-order valence-corrected chi connectivity index (χ2v) is 8.06. The normalized spacial score (nSPS) is 19.1. The number of likely N-dealkylation sites (tertiary alicyclic amines) is 1. The van der Waals surface area contributed by atoms with E-state index >= 15 is 0 Å². The van der Waals surface area contributed by atoms with E-state index in [2.05, 4.69) is 9.97 Å². The molecule has 2 amide bonds. The molecule has 2 aliphatic heterocycles. The third-order valence-electron chi connectivity index (χ3n) is 5.71. The highest BCUT2D eigenvalue weighted by Crippen LogP contribution is 2.33. The minimum absolute atomic E-state index is 0.0253. The SMILES string of the molecule is CC(C)c1ncc(C(=O)N2CCC3(CC2)CN(c2ccccc2)C(=O)CO3)cn1. The number of para-hydroxylation sites is 1. The van der Waals surface area contributed by atoms with Gasteiger partial charge in [-0.05, 0) is 25.0 Å². The Hall–Kier alpha value is -2.80. The second kappa shape index (κ2) is 7.91. The van der Waals surface area contributed by atoms with Gasteiger partial charge in [0, 0.05) is 37.1 Å². The van der Waals surface area contributed by atoms with Gasteiger partial charge in [0.15, 0.2) is 0 Å². The summed E-state index contributed by atoms with van der Waals surface area (Å²) in [4.78, 5) is 37.4. The molecular formula is C22H26N4O3. The first kappa shape index (κ1) is 19.5. The van der Waals surface area contributed by atoms with Crippen LogP contribution >= 0.6 is 0 Å². The first-order valence-electron chi connectivity index (χ1n) is 10.1. The van der Waals surface area contributed by atoms with Crippen LogP contribution in [0.15, 0.2) is 42.7 Å². The van der Waals surface area contributed by atoms with E-state index in [9.17, 15) is 9.59 Å². The lowest BCUT2D eigenvalue weighted by atomic mass is 9.88. The molecule has 1 aromatic heterocycles. The Morgan fingerprint density at radius 1 is 1.10 bits per heavy atom. The van der Waals surface area contributed by atoms with E-state index in [0.29, 0.717) is 38.0 Å². The molecule has 1 aromatic carbocycles. The molecule has 1 spiro atoms. The lowest BCUT2D eigenvalue weighted by molar-refractivity contribution is -0.143. The van der Waals surface area contributed by atoms with Gasteiger partial charge in [-0.1, -0.05) is 32.0 Å². The first-order valence-corrected chi connectivity index (χ1v) is 10.1. The number of piperidine rings is 1. The van der Waals surface area contributed by atoms with Crippen molar-refractivity contribution in [2.24, 2.45) is 0 Å². The highest BCUT2D eigenvalue weighted by Gasteiger charge is 2.43. The number of hydrogen-bond acceptors (Lipinski definition) is 5. The Kier molecular flexibility index (Phi) is 5.32. The van der Waals surface area contributed by atoms with E-state index in [1.54, 1.807) is 17.3 Å². The summed E-state index contributed by atoms with van der Waals surface area (Å²) >= 11 is 0. The highest BCUT2D eigenvalue weighted by molar-refractivity contribution is 5.95. The molecule has 2 fully saturated rings. The van der Waals surface area contributed by atoms with Crippen LogP contribution in [0.4, 0.5) is 5.69 Å². The second-order valence-electron chi connectivity index (χ2n) is 8.06. The van der Waals surface area contributed by atoms with Gasteiger partial charge in [-0.25, -0.2) is 9.97 Å². The molecule has 2 aliphatic rings. The first-order chi connectivity index (χ1) is 14.0. The summed E-state index contributed by atoms with van der Waals surface area (Å²) in [5, 5.41) is 0. The van der Waals surface area contributed by atoms with Crippen LogP contribution in [0, 0.1) is 0 Å². The number of benzene rings is 1. The molecule has 2 aromatic rings. The Balaban J connectivity index is 1.42. The van der Waals surface area contributed by atoms with E-state index in [1.807, 2.05) is 49.1 Å². The number of aromatic nitrogens is 2. The molecule has 0 bridgehead atoms. The van der Waals surface area contributed by atoms with Gasteiger partial charge < -0.3 is 14.5 Å². The van der Waals surface area contributed by atoms with E-state index in [4.69, 9.17) is 4.74 Å². The predicted molar refractivity (Wildman–Crippen MR) is 109 cm³/mol. The van der Waals surface area contributed by atoms with Gasteiger partial charge in [-0.3, -0.25) is 9.59 Å². The molecule has 0 unspecified atom stereocenters. The summed E-state index contributed by atoms with van der Waals surface area (Å²) < 4.78 is 5.99. The molecule has 4 rings (SSSR count). The number of morpholine rings is 1. The Bertz CT molecular complexity index is 875. The van der Waals surface area contributed by atoms with E-state index in [1.165, 1.54) is 0 Å². The number of nitrogens with zero attached hydrogens (tertiary/aromatic N) is 4. The van der Waals surface area contributed by atoms with Gasteiger partial charge in [0.05, 0.1) is 17.7 Å². The Morgan fingerprint density at radius 3 is 2.38 bits per heavy atom. The summed E-state index contributed by atoms with van der Waals surface area (Å²) in [7, 11) is 0. The summed E-state index contributed by atoms with van der Waals surface area (Å²) in [6.07, 6.45) is 4.62. The lowest BCUT2D eigenvalue weighted by Gasteiger charge is -2.47. The number of carbonyl (C=O) groups is 2. The predicted octanol–water partition coefficient (Wildman–Crippen LogP) is 2.64. The maximum Gasteiger partial charge on any atom is 0.256 e. The van der Waals surface area contributed by atoms with Gasteiger partial charge in [0.2, 0.25) is 0 Å². The van der Waals surface area contributed by atoms with Crippen LogP contribution in [0.1, 0.15) is 48.8 Å². The summed E-state index contributed by atoms with van der Waals surface area (Å²) in [6, 6.07) is 9.68.